The summed E-state index contributed by atoms with van der Waals surface area (Å²) in [6.07, 6.45) is 2.32. The van der Waals surface area contributed by atoms with Gasteiger partial charge in [0.15, 0.2) is 0 Å². The number of rotatable bonds is 3. The van der Waals surface area contributed by atoms with E-state index in [9.17, 15) is 0 Å². The molecule has 0 spiro atoms. The molecule has 2 aliphatic carbocycles. The van der Waals surface area contributed by atoms with Crippen molar-refractivity contribution < 1.29 is 51.0 Å². The van der Waals surface area contributed by atoms with Gasteiger partial charge in [-0.1, -0.05) is 126 Å². The maximum atomic E-state index is 2.39. The van der Waals surface area contributed by atoms with Crippen LogP contribution in [0, 0.1) is 0 Å². The monoisotopic (exact) mass is 630 g/mol. The van der Waals surface area contributed by atoms with Gasteiger partial charge in [0.25, 0.3) is 0 Å². The van der Waals surface area contributed by atoms with Gasteiger partial charge in [-0.25, -0.2) is 0 Å². The van der Waals surface area contributed by atoms with Gasteiger partial charge < -0.3 is 24.8 Å². The van der Waals surface area contributed by atoms with E-state index in [4.69, 9.17) is 0 Å². The molecule has 0 amide bonds. The molecular weight excluding hydrogens is 595 g/mol. The molecule has 200 valence electrons. The second-order valence-electron chi connectivity index (χ2n) is 12.9. The molecule has 2 atom stereocenters. The largest absolute Gasteiger partial charge is 2.00 e. The van der Waals surface area contributed by atoms with E-state index in [0.29, 0.717) is 11.8 Å². The SMILES string of the molecule is CC(C)(C)c1cccc2c1-c1ccccc1C2CCC1c2ccccc2-c2c1cccc2C(C)(C)C.[Cl-].[Cl-].[Zr+2]. The summed E-state index contributed by atoms with van der Waals surface area (Å²) in [7, 11) is 0. The Morgan fingerprint density at radius 3 is 1.15 bits per heavy atom. The van der Waals surface area contributed by atoms with Crippen LogP contribution in [0.3, 0.4) is 0 Å². The number of halogens is 2. The van der Waals surface area contributed by atoms with Crippen LogP contribution in [-0.2, 0) is 37.0 Å². The van der Waals surface area contributed by atoms with Crippen molar-refractivity contribution in [2.75, 3.05) is 0 Å². The number of hydrogen-bond acceptors (Lipinski definition) is 0. The Morgan fingerprint density at radius 1 is 0.462 bits per heavy atom. The molecule has 0 radical (unpaired) electrons. The number of benzene rings is 4. The maximum absolute atomic E-state index is 2.39. The zero-order chi connectivity index (χ0) is 25.2. The minimum atomic E-state index is 0. The van der Waals surface area contributed by atoms with Gasteiger partial charge in [-0.3, -0.25) is 0 Å². The minimum absolute atomic E-state index is 0. The third kappa shape index (κ3) is 5.37. The predicted molar refractivity (Wildman–Crippen MR) is 154 cm³/mol. The first-order chi connectivity index (χ1) is 17.2. The van der Waals surface area contributed by atoms with Gasteiger partial charge in [-0.05, 0) is 79.3 Å². The Bertz CT molecular complexity index is 1360. The molecule has 4 aromatic carbocycles. The first-order valence-electron chi connectivity index (χ1n) is 13.6. The molecule has 2 unspecified atom stereocenters. The van der Waals surface area contributed by atoms with Crippen molar-refractivity contribution in [3.8, 4) is 22.3 Å². The smallest absolute Gasteiger partial charge is 1.00 e. The molecule has 0 N–H and O–H groups in total. The predicted octanol–water partition coefficient (Wildman–Crippen LogP) is 3.99. The van der Waals surface area contributed by atoms with Crippen LogP contribution in [0.5, 0.6) is 0 Å². The maximum Gasteiger partial charge on any atom is 2.00 e. The van der Waals surface area contributed by atoms with Crippen LogP contribution in [0.4, 0.5) is 0 Å². The van der Waals surface area contributed by atoms with Crippen LogP contribution in [-0.4, -0.2) is 0 Å². The molecule has 4 aromatic rings. The molecule has 0 heterocycles. The summed E-state index contributed by atoms with van der Waals surface area (Å²) in [6, 6.07) is 32.4. The molecule has 2 aliphatic rings. The molecule has 0 saturated heterocycles. The molecule has 0 saturated carbocycles. The fourth-order valence-corrected chi connectivity index (χ4v) is 6.92. The Hall–Kier alpha value is -1.66. The van der Waals surface area contributed by atoms with Crippen LogP contribution < -0.4 is 24.8 Å². The van der Waals surface area contributed by atoms with Gasteiger partial charge >= 0.3 is 26.2 Å². The van der Waals surface area contributed by atoms with E-state index in [-0.39, 0.29) is 61.8 Å². The summed E-state index contributed by atoms with van der Waals surface area (Å²) < 4.78 is 0. The first-order valence-corrected chi connectivity index (χ1v) is 13.6. The summed E-state index contributed by atoms with van der Waals surface area (Å²) >= 11 is 0. The first kappa shape index (κ1) is 31.9. The van der Waals surface area contributed by atoms with Gasteiger partial charge in [0, 0.05) is 11.8 Å². The van der Waals surface area contributed by atoms with E-state index in [1.807, 2.05) is 0 Å². The second kappa shape index (κ2) is 11.7. The molecular formula is C36H38Cl2Zr. The Kier molecular flexibility index (Phi) is 9.54. The zero-order valence-corrected chi connectivity index (χ0v) is 27.9. The quantitative estimate of drug-likeness (QED) is 0.321. The Morgan fingerprint density at radius 2 is 0.795 bits per heavy atom. The third-order valence-electron chi connectivity index (χ3n) is 8.52. The van der Waals surface area contributed by atoms with E-state index in [1.165, 1.54) is 55.6 Å². The van der Waals surface area contributed by atoms with E-state index in [0.717, 1.165) is 12.8 Å². The summed E-state index contributed by atoms with van der Waals surface area (Å²) in [5.41, 5.74) is 15.2. The van der Waals surface area contributed by atoms with Crippen LogP contribution in [0.2, 0.25) is 0 Å². The molecule has 0 aromatic heterocycles. The minimum Gasteiger partial charge on any atom is -1.00 e. The Balaban J connectivity index is 0.00000140. The van der Waals surface area contributed by atoms with Crippen molar-refractivity contribution in [2.45, 2.75) is 77.0 Å². The standard InChI is InChI=1S/C36H38.2ClH.Zr/c1-35(2,3)31-19-11-17-29-25(23-13-7-9-15-27(23)33(29)31)21-22-26-24-14-8-10-16-28(24)34-30(26)18-12-20-32(34)36(4,5)6;;;/h7-20,25-26H,21-22H2,1-6H3;2*1H;/q;;;+2/p-2. The van der Waals surface area contributed by atoms with E-state index in [2.05, 4.69) is 126 Å². The normalized spacial score (nSPS) is 16.6. The molecule has 6 rings (SSSR count). The molecule has 0 aliphatic heterocycles. The topological polar surface area (TPSA) is 0 Å². The molecule has 0 fully saturated rings. The van der Waals surface area contributed by atoms with E-state index in [1.54, 1.807) is 0 Å². The molecule has 39 heavy (non-hydrogen) atoms. The van der Waals surface area contributed by atoms with Gasteiger partial charge in [0.1, 0.15) is 0 Å². The van der Waals surface area contributed by atoms with Crippen LogP contribution in [0.25, 0.3) is 22.3 Å². The van der Waals surface area contributed by atoms with Crippen molar-refractivity contribution in [3.05, 3.63) is 118 Å². The van der Waals surface area contributed by atoms with E-state index >= 15 is 0 Å². The zero-order valence-electron chi connectivity index (χ0n) is 23.9. The summed E-state index contributed by atoms with van der Waals surface area (Å²) in [6.45, 7) is 14.1. The van der Waals surface area contributed by atoms with Gasteiger partial charge in [0.05, 0.1) is 0 Å². The molecule has 0 nitrogen and oxygen atoms in total. The number of fused-ring (bicyclic) bond motifs is 6. The Labute approximate surface area is 267 Å². The average Bonchev–Trinajstić information content (AvgIpc) is 3.34. The molecule has 0 bridgehead atoms. The van der Waals surface area contributed by atoms with Gasteiger partial charge in [0.2, 0.25) is 0 Å². The number of hydrogen-bond donors (Lipinski definition) is 0. The summed E-state index contributed by atoms with van der Waals surface area (Å²) in [5.74, 6) is 0.918. The van der Waals surface area contributed by atoms with Crippen molar-refractivity contribution in [1.29, 1.82) is 0 Å². The van der Waals surface area contributed by atoms with Crippen molar-refractivity contribution in [1.82, 2.24) is 0 Å². The van der Waals surface area contributed by atoms with Gasteiger partial charge in [-0.2, -0.15) is 0 Å². The van der Waals surface area contributed by atoms with Crippen LogP contribution >= 0.6 is 0 Å². The van der Waals surface area contributed by atoms with Crippen molar-refractivity contribution >= 4 is 0 Å². The second-order valence-corrected chi connectivity index (χ2v) is 12.9. The van der Waals surface area contributed by atoms with Crippen molar-refractivity contribution in [2.24, 2.45) is 0 Å². The van der Waals surface area contributed by atoms with Crippen LogP contribution in [0.1, 0.15) is 99.6 Å². The molecule has 3 heteroatoms. The van der Waals surface area contributed by atoms with Crippen LogP contribution in [0.15, 0.2) is 84.9 Å². The summed E-state index contributed by atoms with van der Waals surface area (Å²) in [5, 5.41) is 0. The average molecular weight is 633 g/mol. The van der Waals surface area contributed by atoms with Crippen molar-refractivity contribution in [3.63, 3.8) is 0 Å². The fourth-order valence-electron chi connectivity index (χ4n) is 6.92. The van der Waals surface area contributed by atoms with Gasteiger partial charge in [-0.15, -0.1) is 0 Å². The third-order valence-corrected chi connectivity index (χ3v) is 8.52. The van der Waals surface area contributed by atoms with E-state index < -0.39 is 0 Å². The fraction of sp³-hybridized carbons (Fsp3) is 0.333. The summed E-state index contributed by atoms with van der Waals surface area (Å²) in [4.78, 5) is 0.